The molecule has 0 aromatic heterocycles. The molecule has 0 radical (unpaired) electrons. The molecule has 0 amide bonds. The van der Waals surface area contributed by atoms with E-state index in [9.17, 15) is 0 Å². The third kappa shape index (κ3) is 2.61. The normalized spacial score (nSPS) is 13.9. The summed E-state index contributed by atoms with van der Waals surface area (Å²) >= 11 is 0. The molecule has 0 spiro atoms. The van der Waals surface area contributed by atoms with Gasteiger partial charge in [0.05, 0.1) is 6.61 Å². The summed E-state index contributed by atoms with van der Waals surface area (Å²) in [4.78, 5) is 4.52. The molecule has 82 valence electrons. The number of hydrogen-bond donors (Lipinski definition) is 1. The summed E-state index contributed by atoms with van der Waals surface area (Å²) in [6, 6.07) is 6.02. The van der Waals surface area contributed by atoms with Crippen molar-refractivity contribution in [2.45, 2.75) is 12.8 Å². The maximum atomic E-state index is 5.49. The predicted octanol–water partition coefficient (Wildman–Crippen LogP) is 1.28. The van der Waals surface area contributed by atoms with Crippen LogP contribution in [-0.2, 0) is 11.3 Å². The van der Waals surface area contributed by atoms with Crippen LogP contribution in [0.1, 0.15) is 12.0 Å². The largest absolute Gasteiger partial charge is 0.486 e. The van der Waals surface area contributed by atoms with Crippen LogP contribution in [0.2, 0.25) is 0 Å². The van der Waals surface area contributed by atoms with E-state index >= 15 is 0 Å². The summed E-state index contributed by atoms with van der Waals surface area (Å²) in [7, 11) is 0. The third-order valence-corrected chi connectivity index (χ3v) is 2.33. The van der Waals surface area contributed by atoms with E-state index in [1.807, 2.05) is 18.2 Å². The van der Waals surface area contributed by atoms with E-state index in [4.69, 9.17) is 15.4 Å². The highest BCUT2D eigenvalue weighted by molar-refractivity contribution is 5.43. The van der Waals surface area contributed by atoms with Crippen molar-refractivity contribution < 1.29 is 14.3 Å². The van der Waals surface area contributed by atoms with Gasteiger partial charge >= 0.3 is 0 Å². The van der Waals surface area contributed by atoms with Crippen LogP contribution in [0.5, 0.6) is 11.5 Å². The topological polar surface area (TPSA) is 53.7 Å². The second-order valence-electron chi connectivity index (χ2n) is 3.45. The van der Waals surface area contributed by atoms with E-state index in [1.165, 1.54) is 5.56 Å². The van der Waals surface area contributed by atoms with Crippen LogP contribution in [-0.4, -0.2) is 19.8 Å². The Labute approximate surface area is 88.9 Å². The van der Waals surface area contributed by atoms with Crippen molar-refractivity contribution in [3.05, 3.63) is 23.8 Å². The third-order valence-electron chi connectivity index (χ3n) is 2.33. The number of benzene rings is 1. The summed E-state index contributed by atoms with van der Waals surface area (Å²) in [6.45, 7) is 1.84. The Balaban J connectivity index is 2.00. The maximum absolute atomic E-state index is 5.49. The van der Waals surface area contributed by atoms with Crippen LogP contribution in [0.4, 0.5) is 0 Å². The minimum atomic E-state index is 0.578. The molecule has 0 unspecified atom stereocenters. The Morgan fingerprint density at radius 3 is 2.80 bits per heavy atom. The summed E-state index contributed by atoms with van der Waals surface area (Å²) in [5, 5.41) is 0. The van der Waals surface area contributed by atoms with Crippen molar-refractivity contribution in [3.63, 3.8) is 0 Å². The first-order chi connectivity index (χ1) is 7.40. The average molecular weight is 209 g/mol. The minimum Gasteiger partial charge on any atom is -0.486 e. The monoisotopic (exact) mass is 209 g/mol. The molecule has 0 saturated heterocycles. The molecule has 4 nitrogen and oxygen atoms in total. The van der Waals surface area contributed by atoms with Crippen molar-refractivity contribution in [1.29, 1.82) is 0 Å². The quantitative estimate of drug-likeness (QED) is 0.599. The number of rotatable bonds is 4. The average Bonchev–Trinajstić information content (AvgIpc) is 2.29. The van der Waals surface area contributed by atoms with Crippen molar-refractivity contribution >= 4 is 0 Å². The Morgan fingerprint density at radius 2 is 2.00 bits per heavy atom. The molecule has 0 aliphatic carbocycles. The van der Waals surface area contributed by atoms with Gasteiger partial charge in [0.25, 0.3) is 0 Å². The lowest BCUT2D eigenvalue weighted by atomic mass is 10.1. The molecule has 2 N–H and O–H groups in total. The first-order valence-corrected chi connectivity index (χ1v) is 5.10. The van der Waals surface area contributed by atoms with Crippen LogP contribution in [0.15, 0.2) is 18.2 Å². The molecule has 1 heterocycles. The van der Waals surface area contributed by atoms with Crippen molar-refractivity contribution in [2.75, 3.05) is 19.8 Å². The van der Waals surface area contributed by atoms with E-state index in [-0.39, 0.29) is 0 Å². The van der Waals surface area contributed by atoms with Gasteiger partial charge in [-0.2, -0.15) is 0 Å². The number of nitrogens with two attached hydrogens (primary N) is 1. The second-order valence-corrected chi connectivity index (χ2v) is 3.45. The molecule has 1 aromatic rings. The minimum absolute atomic E-state index is 0.578. The van der Waals surface area contributed by atoms with Gasteiger partial charge in [-0.1, -0.05) is 6.07 Å². The van der Waals surface area contributed by atoms with E-state index < -0.39 is 0 Å². The van der Waals surface area contributed by atoms with Gasteiger partial charge in [0.15, 0.2) is 11.5 Å². The Hall–Kier alpha value is -1.26. The van der Waals surface area contributed by atoms with Crippen LogP contribution in [0.3, 0.4) is 0 Å². The predicted molar refractivity (Wildman–Crippen MR) is 55.9 cm³/mol. The Morgan fingerprint density at radius 1 is 1.20 bits per heavy atom. The van der Waals surface area contributed by atoms with Crippen LogP contribution in [0.25, 0.3) is 0 Å². The second kappa shape index (κ2) is 5.00. The fourth-order valence-corrected chi connectivity index (χ4v) is 1.60. The Kier molecular flexibility index (Phi) is 3.42. The maximum Gasteiger partial charge on any atom is 0.161 e. The smallest absolute Gasteiger partial charge is 0.161 e. The molecular weight excluding hydrogens is 194 g/mol. The molecule has 1 aliphatic heterocycles. The molecular formula is C11H15NO3. The molecule has 0 bridgehead atoms. The van der Waals surface area contributed by atoms with E-state index in [1.54, 1.807) is 0 Å². The van der Waals surface area contributed by atoms with E-state index in [0.717, 1.165) is 24.3 Å². The molecule has 1 aliphatic rings. The number of fused-ring (bicyclic) bond motifs is 1. The van der Waals surface area contributed by atoms with Gasteiger partial charge < -0.3 is 14.3 Å². The summed E-state index contributed by atoms with van der Waals surface area (Å²) in [6.07, 6.45) is 1.85. The number of aryl methyl sites for hydroxylation is 1. The zero-order chi connectivity index (χ0) is 10.5. The van der Waals surface area contributed by atoms with Crippen LogP contribution in [0, 0.1) is 0 Å². The summed E-state index contributed by atoms with van der Waals surface area (Å²) in [5.41, 5.74) is 1.22. The fourth-order valence-electron chi connectivity index (χ4n) is 1.60. The van der Waals surface area contributed by atoms with Crippen molar-refractivity contribution in [1.82, 2.24) is 0 Å². The number of ether oxygens (including phenoxy) is 2. The van der Waals surface area contributed by atoms with Gasteiger partial charge in [-0.05, 0) is 30.5 Å². The van der Waals surface area contributed by atoms with Gasteiger partial charge in [-0.3, -0.25) is 0 Å². The first-order valence-electron chi connectivity index (χ1n) is 5.10. The standard InChI is InChI=1S/C11H15NO3/c12-15-5-1-2-9-3-4-10-11(8-9)14-7-6-13-10/h3-4,8H,1-2,5-7,12H2. The molecule has 0 atom stereocenters. The van der Waals surface area contributed by atoms with Gasteiger partial charge in [0, 0.05) is 0 Å². The lowest BCUT2D eigenvalue weighted by Gasteiger charge is -2.18. The van der Waals surface area contributed by atoms with Gasteiger partial charge in [0.1, 0.15) is 13.2 Å². The van der Waals surface area contributed by atoms with Crippen LogP contribution >= 0.6 is 0 Å². The van der Waals surface area contributed by atoms with Crippen molar-refractivity contribution in [3.8, 4) is 11.5 Å². The Bertz CT molecular complexity index is 328. The highest BCUT2D eigenvalue weighted by Gasteiger charge is 2.11. The number of hydrogen-bond acceptors (Lipinski definition) is 4. The SMILES string of the molecule is NOCCCc1ccc2c(c1)OCCO2. The molecule has 0 saturated carbocycles. The van der Waals surface area contributed by atoms with Gasteiger partial charge in [0.2, 0.25) is 0 Å². The fraction of sp³-hybridized carbons (Fsp3) is 0.455. The zero-order valence-corrected chi connectivity index (χ0v) is 8.57. The lowest BCUT2D eigenvalue weighted by Crippen LogP contribution is -2.15. The van der Waals surface area contributed by atoms with E-state index in [0.29, 0.717) is 19.8 Å². The molecule has 4 heteroatoms. The first kappa shape index (κ1) is 10.3. The highest BCUT2D eigenvalue weighted by Crippen LogP contribution is 2.30. The van der Waals surface area contributed by atoms with Gasteiger partial charge in [-0.25, -0.2) is 5.90 Å². The van der Waals surface area contributed by atoms with E-state index in [2.05, 4.69) is 4.84 Å². The molecule has 15 heavy (non-hydrogen) atoms. The van der Waals surface area contributed by atoms with Crippen LogP contribution < -0.4 is 15.4 Å². The molecule has 1 aromatic carbocycles. The van der Waals surface area contributed by atoms with Gasteiger partial charge in [-0.15, -0.1) is 0 Å². The van der Waals surface area contributed by atoms with Crippen molar-refractivity contribution in [2.24, 2.45) is 5.90 Å². The zero-order valence-electron chi connectivity index (χ0n) is 8.57. The summed E-state index contributed by atoms with van der Waals surface area (Å²) < 4.78 is 10.9. The molecule has 2 rings (SSSR count). The lowest BCUT2D eigenvalue weighted by molar-refractivity contribution is 0.135. The highest BCUT2D eigenvalue weighted by atomic mass is 16.6. The summed E-state index contributed by atoms with van der Waals surface area (Å²) in [5.74, 6) is 6.63. The molecule has 0 fully saturated rings.